The zero-order valence-corrected chi connectivity index (χ0v) is 9.27. The van der Waals surface area contributed by atoms with Gasteiger partial charge < -0.3 is 4.98 Å². The van der Waals surface area contributed by atoms with E-state index in [2.05, 4.69) is 4.98 Å². The number of rotatable bonds is 1. The average Bonchev–Trinajstić information content (AvgIpc) is 2.78. The van der Waals surface area contributed by atoms with E-state index in [0.29, 0.717) is 5.69 Å². The van der Waals surface area contributed by atoms with Gasteiger partial charge in [0.1, 0.15) is 0 Å². The van der Waals surface area contributed by atoms with E-state index in [4.69, 9.17) is 0 Å². The Bertz CT molecular complexity index is 668. The van der Waals surface area contributed by atoms with Crippen LogP contribution in [0.25, 0.3) is 5.69 Å². The fourth-order valence-corrected chi connectivity index (χ4v) is 2.34. The summed E-state index contributed by atoms with van der Waals surface area (Å²) in [5.41, 5.74) is 1.67. The van der Waals surface area contributed by atoms with Crippen molar-refractivity contribution in [1.29, 1.82) is 0 Å². The number of hydrogen-bond acceptors (Lipinski definition) is 2. The third-order valence-corrected chi connectivity index (χ3v) is 3.15. The maximum atomic E-state index is 12.2. The van der Waals surface area contributed by atoms with Gasteiger partial charge in [0.2, 0.25) is 0 Å². The van der Waals surface area contributed by atoms with Crippen molar-refractivity contribution >= 4 is 0 Å². The lowest BCUT2D eigenvalue weighted by Crippen LogP contribution is -2.36. The quantitative estimate of drug-likeness (QED) is 0.792. The van der Waals surface area contributed by atoms with Crippen LogP contribution in [0, 0.1) is 0 Å². The maximum absolute atomic E-state index is 12.2. The van der Waals surface area contributed by atoms with Gasteiger partial charge in [-0.3, -0.25) is 4.79 Å². The Morgan fingerprint density at radius 2 is 1.82 bits per heavy atom. The van der Waals surface area contributed by atoms with E-state index in [1.165, 1.54) is 4.57 Å². The molecule has 0 unspecified atom stereocenters. The highest BCUT2D eigenvalue weighted by molar-refractivity contribution is 5.33. The van der Waals surface area contributed by atoms with Gasteiger partial charge in [0.05, 0.1) is 5.69 Å². The van der Waals surface area contributed by atoms with Crippen LogP contribution in [0.4, 0.5) is 0 Å². The first-order chi connectivity index (χ1) is 8.27. The highest BCUT2D eigenvalue weighted by atomic mass is 16.2. The number of hydrogen-bond donors (Lipinski definition) is 1. The summed E-state index contributed by atoms with van der Waals surface area (Å²) in [4.78, 5) is 26.9. The van der Waals surface area contributed by atoms with Crippen molar-refractivity contribution < 1.29 is 0 Å². The summed E-state index contributed by atoms with van der Waals surface area (Å²) in [5.74, 6) is 0. The smallest absolute Gasteiger partial charge is 0.310 e. The lowest BCUT2D eigenvalue weighted by atomic mass is 10.2. The van der Waals surface area contributed by atoms with E-state index in [-0.39, 0.29) is 11.2 Å². The molecule has 4 heteroatoms. The summed E-state index contributed by atoms with van der Waals surface area (Å²) in [7, 11) is 0. The molecule has 17 heavy (non-hydrogen) atoms. The number of aryl methyl sites for hydroxylation is 1. The fourth-order valence-electron chi connectivity index (χ4n) is 2.34. The Morgan fingerprint density at radius 1 is 1.06 bits per heavy atom. The number of H-pyrrole nitrogens is 1. The molecule has 1 aromatic heterocycles. The largest absolute Gasteiger partial charge is 0.333 e. The van der Waals surface area contributed by atoms with Gasteiger partial charge in [0.15, 0.2) is 0 Å². The summed E-state index contributed by atoms with van der Waals surface area (Å²) in [6.07, 6.45) is 2.51. The Hall–Kier alpha value is -2.10. The van der Waals surface area contributed by atoms with E-state index in [0.717, 1.165) is 30.5 Å². The van der Waals surface area contributed by atoms with Crippen molar-refractivity contribution in [2.24, 2.45) is 0 Å². The van der Waals surface area contributed by atoms with Gasteiger partial charge in [0, 0.05) is 11.3 Å². The van der Waals surface area contributed by atoms with E-state index < -0.39 is 0 Å². The van der Waals surface area contributed by atoms with Crippen LogP contribution in [-0.4, -0.2) is 9.55 Å². The zero-order chi connectivity index (χ0) is 11.8. The molecule has 0 saturated heterocycles. The van der Waals surface area contributed by atoms with Crippen LogP contribution < -0.4 is 11.2 Å². The molecular weight excluding hydrogens is 216 g/mol. The van der Waals surface area contributed by atoms with E-state index in [1.54, 1.807) is 12.1 Å². The predicted octanol–water partition coefficient (Wildman–Crippen LogP) is 1.01. The first kappa shape index (κ1) is 10.1. The molecule has 1 aliphatic carbocycles. The van der Waals surface area contributed by atoms with Gasteiger partial charge >= 0.3 is 5.69 Å². The van der Waals surface area contributed by atoms with Crippen LogP contribution in [0.5, 0.6) is 0 Å². The molecule has 1 aliphatic rings. The summed E-state index contributed by atoms with van der Waals surface area (Å²) < 4.78 is 1.21. The summed E-state index contributed by atoms with van der Waals surface area (Å²) in [6.45, 7) is 0. The van der Waals surface area contributed by atoms with Gasteiger partial charge in [-0.15, -0.1) is 0 Å². The second-order valence-electron chi connectivity index (χ2n) is 4.22. The maximum Gasteiger partial charge on any atom is 0.333 e. The number of fused-ring (bicyclic) bond motifs is 1. The molecule has 0 bridgehead atoms. The molecule has 4 nitrogen and oxygen atoms in total. The van der Waals surface area contributed by atoms with Crippen LogP contribution in [-0.2, 0) is 12.8 Å². The topological polar surface area (TPSA) is 54.9 Å². The predicted molar refractivity (Wildman–Crippen MR) is 64.7 cm³/mol. The van der Waals surface area contributed by atoms with Crippen molar-refractivity contribution in [2.75, 3.05) is 0 Å². The second-order valence-corrected chi connectivity index (χ2v) is 4.22. The molecule has 86 valence electrons. The minimum absolute atomic E-state index is 0.174. The van der Waals surface area contributed by atoms with Crippen LogP contribution in [0.15, 0.2) is 39.9 Å². The van der Waals surface area contributed by atoms with Crippen molar-refractivity contribution in [3.8, 4) is 5.69 Å². The molecule has 0 spiro atoms. The molecule has 0 atom stereocenters. The van der Waals surface area contributed by atoms with Crippen molar-refractivity contribution in [1.82, 2.24) is 9.55 Å². The van der Waals surface area contributed by atoms with Gasteiger partial charge in [-0.1, -0.05) is 18.2 Å². The van der Waals surface area contributed by atoms with Gasteiger partial charge in [-0.05, 0) is 31.4 Å². The highest BCUT2D eigenvalue weighted by Crippen LogP contribution is 2.14. The number of para-hydroxylation sites is 1. The van der Waals surface area contributed by atoms with Crippen LogP contribution in [0.1, 0.15) is 17.7 Å². The monoisotopic (exact) mass is 228 g/mol. The highest BCUT2D eigenvalue weighted by Gasteiger charge is 2.18. The average molecular weight is 228 g/mol. The number of nitrogens with zero attached hydrogens (tertiary/aromatic N) is 1. The Kier molecular flexibility index (Phi) is 2.21. The third kappa shape index (κ3) is 1.53. The molecule has 0 amide bonds. The van der Waals surface area contributed by atoms with E-state index >= 15 is 0 Å². The first-order valence-electron chi connectivity index (χ1n) is 5.70. The van der Waals surface area contributed by atoms with Crippen molar-refractivity contribution in [3.63, 3.8) is 0 Å². The lowest BCUT2D eigenvalue weighted by molar-refractivity contribution is 0.840. The number of nitrogens with one attached hydrogen (secondary N) is 1. The molecule has 1 N–H and O–H groups in total. The Morgan fingerprint density at radius 3 is 2.59 bits per heavy atom. The number of benzene rings is 1. The van der Waals surface area contributed by atoms with Gasteiger partial charge in [0.25, 0.3) is 5.56 Å². The van der Waals surface area contributed by atoms with Crippen LogP contribution in [0.2, 0.25) is 0 Å². The third-order valence-electron chi connectivity index (χ3n) is 3.15. The SMILES string of the molecule is O=c1[nH]c2c(c(=O)n1-c1ccccc1)CCC2. The van der Waals surface area contributed by atoms with E-state index in [9.17, 15) is 9.59 Å². The van der Waals surface area contributed by atoms with Crippen LogP contribution in [0.3, 0.4) is 0 Å². The standard InChI is InChI=1S/C13H12N2O2/c16-12-10-7-4-8-11(10)14-13(17)15(12)9-5-2-1-3-6-9/h1-3,5-6H,4,7-8H2,(H,14,17). The minimum atomic E-state index is -0.346. The van der Waals surface area contributed by atoms with Crippen molar-refractivity contribution in [2.45, 2.75) is 19.3 Å². The molecule has 1 aromatic carbocycles. The molecule has 3 rings (SSSR count). The van der Waals surface area contributed by atoms with Gasteiger partial charge in [-0.2, -0.15) is 0 Å². The molecule has 0 fully saturated rings. The zero-order valence-electron chi connectivity index (χ0n) is 9.27. The normalized spacial score (nSPS) is 13.6. The molecule has 1 heterocycles. The van der Waals surface area contributed by atoms with E-state index in [1.807, 2.05) is 18.2 Å². The second kappa shape index (κ2) is 3.73. The molecule has 0 aliphatic heterocycles. The number of aromatic amines is 1. The molecule has 0 radical (unpaired) electrons. The van der Waals surface area contributed by atoms with Crippen molar-refractivity contribution in [3.05, 3.63) is 62.4 Å². The Labute approximate surface area is 97.5 Å². The molecule has 0 saturated carbocycles. The lowest BCUT2D eigenvalue weighted by Gasteiger charge is -2.06. The van der Waals surface area contributed by atoms with Crippen LogP contribution >= 0.6 is 0 Å². The molecule has 2 aromatic rings. The van der Waals surface area contributed by atoms with Gasteiger partial charge in [-0.25, -0.2) is 9.36 Å². The minimum Gasteiger partial charge on any atom is -0.310 e. The molecular formula is C13H12N2O2. The summed E-state index contributed by atoms with van der Waals surface area (Å²) in [6, 6.07) is 9.01. The fraction of sp³-hybridized carbons (Fsp3) is 0.231. The first-order valence-corrected chi connectivity index (χ1v) is 5.70. The summed E-state index contributed by atoms with van der Waals surface area (Å²) in [5, 5.41) is 0. The Balaban J connectivity index is 2.33. The number of aromatic nitrogens is 2. The summed E-state index contributed by atoms with van der Waals surface area (Å²) >= 11 is 0.